The molecule has 2 heterocycles. The maximum atomic E-state index is 13.8. The molecule has 204 valence electrons. The Morgan fingerprint density at radius 3 is 2.53 bits per heavy atom. The second-order valence-corrected chi connectivity index (χ2v) is 9.87. The summed E-state index contributed by atoms with van der Waals surface area (Å²) in [6.45, 7) is 1.39. The van der Waals surface area contributed by atoms with E-state index in [-0.39, 0.29) is 43.6 Å². The number of fused-ring (bicyclic) bond motifs is 2. The normalized spacial score (nSPS) is 25.3. The number of hydrogen-bond acceptors (Lipinski definition) is 10. The lowest BCUT2D eigenvalue weighted by Gasteiger charge is -2.26. The molecule has 0 amide bonds. The molecule has 10 nitrogen and oxygen atoms in total. The zero-order valence-corrected chi connectivity index (χ0v) is 21.4. The highest BCUT2D eigenvalue weighted by Crippen LogP contribution is 2.59. The van der Waals surface area contributed by atoms with Gasteiger partial charge in [-0.1, -0.05) is 35.9 Å². The average Bonchev–Trinajstić information content (AvgIpc) is 3.63. The molecule has 3 atom stereocenters. The number of nitrogens with one attached hydrogen (secondary N) is 1. The fourth-order valence-electron chi connectivity index (χ4n) is 5.17. The monoisotopic (exact) mass is 526 g/mol. The molecule has 0 aromatic heterocycles. The Bertz CT molecular complexity index is 1220. The van der Waals surface area contributed by atoms with Gasteiger partial charge in [-0.25, -0.2) is 4.79 Å². The minimum absolute atomic E-state index is 0.0620. The first-order valence-electron chi connectivity index (χ1n) is 12.7. The maximum absolute atomic E-state index is 13.8. The zero-order chi connectivity index (χ0) is 27.5. The number of allylic oxidation sites excluding steroid dienone is 3. The van der Waals surface area contributed by atoms with Gasteiger partial charge in [0.05, 0.1) is 19.0 Å². The van der Waals surface area contributed by atoms with Crippen LogP contribution >= 0.6 is 0 Å². The number of ether oxygens (including phenoxy) is 2. The van der Waals surface area contributed by atoms with Gasteiger partial charge in [-0.3, -0.25) is 9.59 Å². The van der Waals surface area contributed by atoms with Gasteiger partial charge in [0.1, 0.15) is 6.10 Å². The third-order valence-corrected chi connectivity index (χ3v) is 7.46. The second kappa shape index (κ2) is 11.2. The quantitative estimate of drug-likeness (QED) is 0.115. The van der Waals surface area contributed by atoms with Crippen LogP contribution in [0.3, 0.4) is 0 Å². The van der Waals surface area contributed by atoms with Crippen LogP contribution in [0.2, 0.25) is 0 Å². The van der Waals surface area contributed by atoms with Gasteiger partial charge in [-0.05, 0) is 49.8 Å². The van der Waals surface area contributed by atoms with E-state index in [0.717, 1.165) is 11.1 Å². The van der Waals surface area contributed by atoms with E-state index in [9.17, 15) is 24.6 Å². The van der Waals surface area contributed by atoms with Crippen molar-refractivity contribution in [2.24, 2.45) is 5.73 Å². The van der Waals surface area contributed by atoms with Crippen molar-refractivity contribution >= 4 is 17.5 Å². The lowest BCUT2D eigenvalue weighted by Crippen LogP contribution is -2.51. The van der Waals surface area contributed by atoms with Crippen LogP contribution in [0, 0.1) is 0 Å². The van der Waals surface area contributed by atoms with Gasteiger partial charge in [0.15, 0.2) is 11.4 Å². The number of hydrogen-bond donors (Lipinski definition) is 5. The summed E-state index contributed by atoms with van der Waals surface area (Å²) in [5, 5.41) is 32.0. The number of dihydropyridines is 1. The zero-order valence-electron chi connectivity index (χ0n) is 21.4. The molecule has 2 aliphatic heterocycles. The number of nitrogens with two attached hydrogens (primary N) is 1. The number of rotatable bonds is 12. The summed E-state index contributed by atoms with van der Waals surface area (Å²) in [7, 11) is 0. The number of aliphatic hydroxyl groups excluding tert-OH is 3. The number of esters is 1. The number of benzene rings is 1. The van der Waals surface area contributed by atoms with Crippen molar-refractivity contribution in [2.45, 2.75) is 56.3 Å². The number of ketones is 2. The van der Waals surface area contributed by atoms with Crippen LogP contribution in [0.25, 0.3) is 0 Å². The smallest absolute Gasteiger partial charge is 0.350 e. The molecule has 0 radical (unpaired) electrons. The fraction of sp³-hybridized carbons (Fsp3) is 0.464. The van der Waals surface area contributed by atoms with Crippen molar-refractivity contribution < 1.29 is 39.2 Å². The SMILES string of the molecule is C/C(CCC1=CCNC(N)=C1)=C(/CO)C[C@@]12O[C@]1(C(=O)O[C@H](CO)CCCO)C(=O)c1ccccc1C2=O. The number of epoxide rings is 1. The Morgan fingerprint density at radius 1 is 1.18 bits per heavy atom. The Balaban J connectivity index is 1.65. The summed E-state index contributed by atoms with van der Waals surface area (Å²) in [6, 6.07) is 6.20. The number of carbonyl (C=O) groups is 3. The maximum Gasteiger partial charge on any atom is 0.350 e. The molecule has 0 saturated carbocycles. The molecule has 1 aliphatic carbocycles. The minimum atomic E-state index is -2.21. The molecular weight excluding hydrogens is 492 g/mol. The summed E-state index contributed by atoms with van der Waals surface area (Å²) in [6.07, 6.45) is 4.38. The van der Waals surface area contributed by atoms with Gasteiger partial charge in [-0.15, -0.1) is 0 Å². The number of aliphatic hydroxyl groups is 3. The van der Waals surface area contributed by atoms with Gasteiger partial charge in [-0.2, -0.15) is 0 Å². The molecule has 0 bridgehead atoms. The van der Waals surface area contributed by atoms with E-state index in [1.54, 1.807) is 12.1 Å². The van der Waals surface area contributed by atoms with Crippen LogP contribution in [0.4, 0.5) is 0 Å². The fourth-order valence-corrected chi connectivity index (χ4v) is 5.17. The van der Waals surface area contributed by atoms with Crippen LogP contribution in [0.1, 0.15) is 59.7 Å². The average molecular weight is 527 g/mol. The van der Waals surface area contributed by atoms with Gasteiger partial charge in [0.25, 0.3) is 5.60 Å². The highest BCUT2D eigenvalue weighted by atomic mass is 16.7. The third-order valence-electron chi connectivity index (χ3n) is 7.46. The Morgan fingerprint density at radius 2 is 1.89 bits per heavy atom. The molecule has 0 unspecified atom stereocenters. The molecule has 3 aliphatic rings. The molecule has 6 N–H and O–H groups in total. The lowest BCUT2D eigenvalue weighted by molar-refractivity contribution is -0.156. The Labute approximate surface area is 220 Å². The van der Waals surface area contributed by atoms with E-state index in [2.05, 4.69) is 5.32 Å². The summed E-state index contributed by atoms with van der Waals surface area (Å²) < 4.78 is 11.3. The van der Waals surface area contributed by atoms with Gasteiger partial charge in [0, 0.05) is 30.7 Å². The van der Waals surface area contributed by atoms with Crippen molar-refractivity contribution in [3.05, 3.63) is 70.1 Å². The van der Waals surface area contributed by atoms with Gasteiger partial charge in [0.2, 0.25) is 5.78 Å². The first-order valence-corrected chi connectivity index (χ1v) is 12.7. The van der Waals surface area contributed by atoms with Crippen molar-refractivity contribution in [1.29, 1.82) is 0 Å². The summed E-state index contributed by atoms with van der Waals surface area (Å²) in [5.41, 5.74) is 4.32. The van der Waals surface area contributed by atoms with Crippen molar-refractivity contribution in [1.82, 2.24) is 5.32 Å². The molecule has 0 spiro atoms. The summed E-state index contributed by atoms with van der Waals surface area (Å²) in [5.74, 6) is -1.70. The topological polar surface area (TPSA) is 172 Å². The molecule has 1 aromatic rings. The molecule has 1 fully saturated rings. The van der Waals surface area contributed by atoms with E-state index in [1.165, 1.54) is 12.1 Å². The van der Waals surface area contributed by atoms with Crippen molar-refractivity contribution in [3.8, 4) is 0 Å². The van der Waals surface area contributed by atoms with E-state index in [4.69, 9.17) is 20.3 Å². The Hall–Kier alpha value is -3.31. The first-order chi connectivity index (χ1) is 18.2. The van der Waals surface area contributed by atoms with Crippen molar-refractivity contribution in [2.75, 3.05) is 26.4 Å². The standard InChI is InChI=1S/C28H34N2O8/c1-17(8-9-18-10-11-30-23(29)13-18)19(15-32)14-27-24(34)21-6-2-3-7-22(21)25(35)28(27,38-27)26(36)37-20(16-33)5-4-12-31/h2-3,6-7,10,13,20,30-33H,4-5,8-9,11-12,14-16,29H2,1H3/b19-17-/t20-,27-,28-/m0/s1. The highest BCUT2D eigenvalue weighted by molar-refractivity contribution is 6.32. The van der Waals surface area contributed by atoms with Crippen LogP contribution in [0.5, 0.6) is 0 Å². The molecular formula is C28H34N2O8. The van der Waals surface area contributed by atoms with E-state index in [0.29, 0.717) is 30.8 Å². The number of carbonyl (C=O) groups excluding carboxylic acids is 3. The first kappa shape index (κ1) is 27.7. The van der Waals surface area contributed by atoms with E-state index < -0.39 is 41.4 Å². The molecule has 1 aromatic carbocycles. The molecule has 1 saturated heterocycles. The summed E-state index contributed by atoms with van der Waals surface area (Å²) >= 11 is 0. The van der Waals surface area contributed by atoms with Crippen molar-refractivity contribution in [3.63, 3.8) is 0 Å². The minimum Gasteiger partial charge on any atom is -0.457 e. The largest absolute Gasteiger partial charge is 0.457 e. The van der Waals surface area contributed by atoms with Crippen LogP contribution in [-0.2, 0) is 14.3 Å². The predicted molar refractivity (Wildman–Crippen MR) is 137 cm³/mol. The van der Waals surface area contributed by atoms with Crippen LogP contribution in [0.15, 0.2) is 59.0 Å². The van der Waals surface area contributed by atoms with E-state index in [1.807, 2.05) is 19.1 Å². The molecule has 38 heavy (non-hydrogen) atoms. The van der Waals surface area contributed by atoms with Crippen LogP contribution in [-0.4, -0.2) is 76.5 Å². The Kier molecular flexibility index (Phi) is 8.17. The van der Waals surface area contributed by atoms with Gasteiger partial charge < -0.3 is 35.8 Å². The third kappa shape index (κ3) is 4.80. The van der Waals surface area contributed by atoms with Crippen LogP contribution < -0.4 is 11.1 Å². The number of Topliss-reactive ketones (excluding diaryl/α,β-unsaturated/α-hetero) is 2. The van der Waals surface area contributed by atoms with E-state index >= 15 is 0 Å². The lowest BCUT2D eigenvalue weighted by atomic mass is 9.71. The second-order valence-electron chi connectivity index (χ2n) is 9.87. The molecule has 10 heteroatoms. The highest BCUT2D eigenvalue weighted by Gasteiger charge is 2.85. The predicted octanol–water partition coefficient (Wildman–Crippen LogP) is 1.06. The summed E-state index contributed by atoms with van der Waals surface area (Å²) in [4.78, 5) is 40.9. The molecule has 4 rings (SSSR count). The van der Waals surface area contributed by atoms with Gasteiger partial charge >= 0.3 is 5.97 Å².